The Morgan fingerprint density at radius 1 is 0.333 bits per heavy atom. The maximum atomic E-state index is 12.4. The Morgan fingerprint density at radius 3 is 0.910 bits per heavy atom. The lowest BCUT2D eigenvalue weighted by atomic mass is 10.1. The third kappa shape index (κ3) is 33.4. The van der Waals surface area contributed by atoms with Gasteiger partial charge in [0.25, 0.3) is 0 Å². The van der Waals surface area contributed by atoms with Crippen LogP contribution in [0.2, 0.25) is 0 Å². The first kappa shape index (κ1) is 89.5. The van der Waals surface area contributed by atoms with Crippen molar-refractivity contribution < 1.29 is 71.3 Å². The molecule has 0 saturated heterocycles. The number of hydrogen-bond acceptors (Lipinski definition) is 27. The number of methoxy groups -OCH3 is 5. The molecule has 5 atom stereocenters. The van der Waals surface area contributed by atoms with Crippen molar-refractivity contribution in [1.82, 2.24) is 49.8 Å². The Balaban J connectivity index is 0.000000216. The summed E-state index contributed by atoms with van der Waals surface area (Å²) in [5, 5.41) is 5.49. The molecule has 0 N–H and O–H groups in total. The van der Waals surface area contributed by atoms with E-state index in [1.165, 1.54) is 22.7 Å². The van der Waals surface area contributed by atoms with Gasteiger partial charge in [0.05, 0.1) is 63.6 Å². The van der Waals surface area contributed by atoms with Crippen molar-refractivity contribution in [1.29, 1.82) is 0 Å². The van der Waals surface area contributed by atoms with Gasteiger partial charge in [0.15, 0.2) is 28.9 Å². The molecule has 10 aromatic heterocycles. The van der Waals surface area contributed by atoms with Crippen molar-refractivity contribution in [2.24, 2.45) is 0 Å². The number of aryl methyl sites for hydroxylation is 8. The van der Waals surface area contributed by atoms with E-state index in [2.05, 4.69) is 49.8 Å². The number of thiazole rings is 2. The Kier molecular flexibility index (Phi) is 37.9. The highest BCUT2D eigenvalue weighted by molar-refractivity contribution is 7.10. The van der Waals surface area contributed by atoms with E-state index in [1.807, 2.05) is 174 Å². The lowest BCUT2D eigenvalue weighted by Crippen LogP contribution is -2.18. The highest BCUT2D eigenvalue weighted by atomic mass is 32.1. The zero-order chi connectivity index (χ0) is 80.9. The largest absolute Gasteiger partial charge is 0.491 e. The molecule has 0 fully saturated rings. The maximum Gasteiger partial charge on any atom is 0.188 e. The van der Waals surface area contributed by atoms with Crippen LogP contribution in [-0.4, -0.2) is 178 Å². The zero-order valence-corrected chi connectivity index (χ0v) is 68.3. The molecular formula is C84H102N10O15S2. The number of ketones is 5. The molecule has 0 spiro atoms. The lowest BCUT2D eigenvalue weighted by Gasteiger charge is -2.14. The van der Waals surface area contributed by atoms with Crippen LogP contribution in [0.15, 0.2) is 139 Å². The minimum Gasteiger partial charge on any atom is -0.491 e. The molecule has 0 amide bonds. The average molecular weight is 1560 g/mol. The van der Waals surface area contributed by atoms with E-state index < -0.39 is 0 Å². The topological polar surface area (TPSA) is 307 Å². The Morgan fingerprint density at radius 2 is 0.640 bits per heavy atom. The highest BCUT2D eigenvalue weighted by Crippen LogP contribution is 2.24. The molecule has 111 heavy (non-hydrogen) atoms. The number of pyridine rings is 8. The molecule has 0 aliphatic rings. The van der Waals surface area contributed by atoms with Crippen molar-refractivity contribution in [3.8, 4) is 28.7 Å². The van der Waals surface area contributed by atoms with Gasteiger partial charge in [-0.15, -0.1) is 22.7 Å². The van der Waals surface area contributed by atoms with E-state index >= 15 is 0 Å². The average Bonchev–Trinajstić information content (AvgIpc) is 1.73. The first-order valence-electron chi connectivity index (χ1n) is 36.0. The van der Waals surface area contributed by atoms with Crippen LogP contribution in [-0.2, 0) is 55.8 Å². The fraction of sp³-hybridized carbons (Fsp3) is 0.393. The van der Waals surface area contributed by atoms with Crippen LogP contribution < -0.4 is 23.7 Å². The van der Waals surface area contributed by atoms with Crippen LogP contribution in [0.4, 0.5) is 0 Å². The van der Waals surface area contributed by atoms with Gasteiger partial charge in [0, 0.05) is 183 Å². The fourth-order valence-corrected chi connectivity index (χ4v) is 11.5. The SMILES string of the molecule is COC[C@@H](C)Oc1cc(C)nc(C(=O)Cc2ccccn2)c1.COC[C@@H](C)Oc1cc(C)nc(C(=O)Cc2nc(C)cs2)c1.CO[C@@H](C)COc1cc(C)nc(C(=O)Cc2ccc(C)cn2)c1.CO[C@H](C)COc1cc(C)nc(C(=O)Cc2ccccn2)c1.CO[C@H](C)COc1cc(C)nc(C(=O)Cc2nc(C)cs2)c1. The van der Waals surface area contributed by atoms with E-state index in [4.69, 9.17) is 47.4 Å². The van der Waals surface area contributed by atoms with Gasteiger partial charge in [-0.25, -0.2) is 34.9 Å². The first-order chi connectivity index (χ1) is 53.1. The van der Waals surface area contributed by atoms with Crippen LogP contribution in [0.5, 0.6) is 28.7 Å². The predicted molar refractivity (Wildman–Crippen MR) is 426 cm³/mol. The minimum atomic E-state index is -0.0921. The molecule has 0 bridgehead atoms. The van der Waals surface area contributed by atoms with Gasteiger partial charge < -0.3 is 47.4 Å². The number of carbonyl (C=O) groups excluding carboxylic acids is 5. The summed E-state index contributed by atoms with van der Waals surface area (Å²) in [6.07, 6.45) is 6.10. The minimum absolute atomic E-state index is 0.00841. The molecule has 25 nitrogen and oxygen atoms in total. The number of rotatable bonds is 35. The molecule has 0 radical (unpaired) electrons. The quantitative estimate of drug-likeness (QED) is 0.0333. The van der Waals surface area contributed by atoms with E-state index in [0.717, 1.165) is 72.5 Å². The molecule has 10 heterocycles. The second kappa shape index (κ2) is 47.0. The third-order valence-corrected chi connectivity index (χ3v) is 17.5. The smallest absolute Gasteiger partial charge is 0.188 e. The van der Waals surface area contributed by atoms with Gasteiger partial charge in [0.1, 0.15) is 99.3 Å². The molecule has 0 saturated carbocycles. The summed E-state index contributed by atoms with van der Waals surface area (Å²) >= 11 is 2.98. The van der Waals surface area contributed by atoms with Crippen molar-refractivity contribution in [3.63, 3.8) is 0 Å². The second-order valence-corrected chi connectivity index (χ2v) is 28.1. The van der Waals surface area contributed by atoms with Gasteiger partial charge in [-0.2, -0.15) is 0 Å². The number of Topliss-reactive ketones (excluding diaryl/α,β-unsaturated/α-hetero) is 5. The standard InChI is InChI=1S/C18H22N2O3.2C17H20N2O3.2C16H20N2O3S/c1-12-5-6-15(19-10-12)8-18(21)17-9-16(7-13(2)20-17)23-11-14(3)22-4;1-12-8-15(22-11-13(2)21-3)10-16(19-12)17(20)9-14-6-4-5-7-18-14;1-12-8-15(22-13(2)11-21-3)10-16(19-12)17(20)9-14-6-4-5-7-18-14;1-10-5-13(21-8-12(3)20-4)6-14(17-10)15(19)7-16-18-11(2)9-22-16;1-10-5-13(21-12(3)8-20-4)6-14(17-10)15(19)7-16-18-11(2)9-22-16/h5-7,9-10,14H,8,11H2,1-4H3;2*4-8,10,13H,9,11H2,1-3H3;2*5-6,9,12H,7-8H2,1-4H3/t14-;2*13-;2*12-/m01111/s1. The fourth-order valence-electron chi connectivity index (χ4n) is 9.93. The van der Waals surface area contributed by atoms with Gasteiger partial charge in [-0.3, -0.25) is 38.9 Å². The van der Waals surface area contributed by atoms with Crippen molar-refractivity contribution in [2.45, 2.75) is 153 Å². The van der Waals surface area contributed by atoms with Crippen LogP contribution in [0.3, 0.4) is 0 Å². The summed E-state index contributed by atoms with van der Waals surface area (Å²) in [5.74, 6) is 2.81. The third-order valence-electron chi connectivity index (χ3n) is 15.6. The van der Waals surface area contributed by atoms with Crippen LogP contribution in [0.1, 0.15) is 160 Å². The maximum absolute atomic E-state index is 12.4. The first-order valence-corrected chi connectivity index (χ1v) is 37.8. The van der Waals surface area contributed by atoms with Gasteiger partial charge in [0.2, 0.25) is 0 Å². The van der Waals surface area contributed by atoms with E-state index in [-0.39, 0.29) is 91.5 Å². The number of carbonyl (C=O) groups is 5. The number of aromatic nitrogens is 10. The Labute approximate surface area is 658 Å². The predicted octanol–water partition coefficient (Wildman–Crippen LogP) is 14.2. The molecule has 27 heteroatoms. The summed E-state index contributed by atoms with van der Waals surface area (Å²) in [6.45, 7) is 26.8. The molecule has 10 rings (SSSR count). The molecular weight excluding hydrogens is 1450 g/mol. The normalized spacial score (nSPS) is 12.1. The van der Waals surface area contributed by atoms with E-state index in [0.29, 0.717) is 90.3 Å². The van der Waals surface area contributed by atoms with E-state index in [9.17, 15) is 24.0 Å². The summed E-state index contributed by atoms with van der Waals surface area (Å²) in [5.41, 5.74) is 10.9. The van der Waals surface area contributed by atoms with Gasteiger partial charge >= 0.3 is 0 Å². The molecule has 0 aliphatic carbocycles. The summed E-state index contributed by atoms with van der Waals surface area (Å²) in [6, 6.07) is 32.2. The van der Waals surface area contributed by atoms with Crippen molar-refractivity contribution in [2.75, 3.05) is 68.6 Å². The van der Waals surface area contributed by atoms with Gasteiger partial charge in [-0.1, -0.05) is 18.2 Å². The Hall–Kier alpha value is -10.4. The molecule has 10 aromatic rings. The second-order valence-electron chi connectivity index (χ2n) is 26.2. The van der Waals surface area contributed by atoms with Gasteiger partial charge in [-0.05, 0) is 126 Å². The van der Waals surface area contributed by atoms with Crippen LogP contribution in [0, 0.1) is 55.4 Å². The zero-order valence-electron chi connectivity index (χ0n) is 66.6. The number of nitrogens with zero attached hydrogens (tertiary/aromatic N) is 10. The number of hydrogen-bond donors (Lipinski definition) is 0. The van der Waals surface area contributed by atoms with Crippen molar-refractivity contribution >= 4 is 51.6 Å². The summed E-state index contributed by atoms with van der Waals surface area (Å²) < 4.78 is 54.0. The van der Waals surface area contributed by atoms with Crippen molar-refractivity contribution in [3.05, 3.63) is 240 Å². The molecule has 0 aliphatic heterocycles. The molecule has 0 aromatic carbocycles. The highest BCUT2D eigenvalue weighted by Gasteiger charge is 2.20. The summed E-state index contributed by atoms with van der Waals surface area (Å²) in [7, 11) is 8.15. The monoisotopic (exact) mass is 1550 g/mol. The van der Waals surface area contributed by atoms with E-state index in [1.54, 1.807) is 90.5 Å². The molecule has 590 valence electrons. The summed E-state index contributed by atoms with van der Waals surface area (Å²) in [4.78, 5) is 105. The lowest BCUT2D eigenvalue weighted by molar-refractivity contribution is 0.0715. The van der Waals surface area contributed by atoms with Crippen LogP contribution in [0.25, 0.3) is 0 Å². The number of ether oxygens (including phenoxy) is 10. The Bertz CT molecular complexity index is 4570. The van der Waals surface area contributed by atoms with Crippen LogP contribution >= 0.6 is 22.7 Å². The molecule has 0 unspecified atom stereocenters.